The molecule has 126 valence electrons. The molecule has 3 nitrogen and oxygen atoms in total. The summed E-state index contributed by atoms with van der Waals surface area (Å²) in [5, 5.41) is 2.15. The molecule has 0 saturated heterocycles. The van der Waals surface area contributed by atoms with E-state index in [1.807, 2.05) is 19.2 Å². The minimum atomic E-state index is 0.570. The van der Waals surface area contributed by atoms with Crippen LogP contribution in [0.4, 0.5) is 0 Å². The van der Waals surface area contributed by atoms with Crippen molar-refractivity contribution in [3.63, 3.8) is 0 Å². The number of benzene rings is 1. The molecule has 25 heavy (non-hydrogen) atoms. The van der Waals surface area contributed by atoms with Gasteiger partial charge < -0.3 is 4.42 Å². The van der Waals surface area contributed by atoms with E-state index in [2.05, 4.69) is 60.2 Å². The van der Waals surface area contributed by atoms with E-state index >= 15 is 0 Å². The monoisotopic (exact) mass is 330 g/mol. The second kappa shape index (κ2) is 6.32. The highest BCUT2D eigenvalue weighted by Crippen LogP contribution is 2.35. The van der Waals surface area contributed by atoms with Crippen molar-refractivity contribution in [2.45, 2.75) is 39.5 Å². The Labute approximate surface area is 147 Å². The standard InChI is InChI=1S/C22H22N2O/c1-4-15(5-2)16-11-12-23-20(13-16)19-8-6-7-17-18-10-9-14(3)24-22(18)25-21(17)19/h6-13,15H,4-5H2,1-3H3. The molecular formula is C22H22N2O. The number of furan rings is 1. The van der Waals surface area contributed by atoms with E-state index in [4.69, 9.17) is 4.42 Å². The van der Waals surface area contributed by atoms with E-state index in [0.717, 1.165) is 46.1 Å². The molecule has 0 aliphatic rings. The van der Waals surface area contributed by atoms with E-state index in [1.54, 1.807) is 0 Å². The molecule has 4 rings (SSSR count). The zero-order chi connectivity index (χ0) is 17.4. The number of aromatic nitrogens is 2. The molecule has 3 heteroatoms. The molecule has 4 aromatic rings. The van der Waals surface area contributed by atoms with Crippen LogP contribution in [-0.4, -0.2) is 9.97 Å². The van der Waals surface area contributed by atoms with E-state index in [9.17, 15) is 0 Å². The Bertz CT molecular complexity index is 1040. The fourth-order valence-corrected chi connectivity index (χ4v) is 3.58. The predicted octanol–water partition coefficient (Wildman–Crippen LogP) is 6.26. The van der Waals surface area contributed by atoms with Gasteiger partial charge in [-0.15, -0.1) is 0 Å². The van der Waals surface area contributed by atoms with Crippen LogP contribution in [0.2, 0.25) is 0 Å². The number of para-hydroxylation sites is 1. The minimum Gasteiger partial charge on any atom is -0.437 e. The number of nitrogens with zero attached hydrogens (tertiary/aromatic N) is 2. The zero-order valence-electron chi connectivity index (χ0n) is 14.9. The second-order valence-corrected chi connectivity index (χ2v) is 6.58. The molecule has 1 aromatic carbocycles. The van der Waals surface area contributed by atoms with Crippen molar-refractivity contribution in [2.24, 2.45) is 0 Å². The van der Waals surface area contributed by atoms with Crippen molar-refractivity contribution in [2.75, 3.05) is 0 Å². The fraction of sp³-hybridized carbons (Fsp3) is 0.273. The van der Waals surface area contributed by atoms with Crippen LogP contribution in [0.25, 0.3) is 33.3 Å². The maximum Gasteiger partial charge on any atom is 0.227 e. The summed E-state index contributed by atoms with van der Waals surface area (Å²) in [6.07, 6.45) is 4.18. The van der Waals surface area contributed by atoms with E-state index < -0.39 is 0 Å². The largest absolute Gasteiger partial charge is 0.437 e. The lowest BCUT2D eigenvalue weighted by Crippen LogP contribution is -1.96. The van der Waals surface area contributed by atoms with Crippen molar-refractivity contribution >= 4 is 22.1 Å². The molecule has 0 saturated carbocycles. The summed E-state index contributed by atoms with van der Waals surface area (Å²) in [5.74, 6) is 0.570. The van der Waals surface area contributed by atoms with Crippen molar-refractivity contribution in [3.05, 3.63) is 59.9 Å². The van der Waals surface area contributed by atoms with Gasteiger partial charge >= 0.3 is 0 Å². The summed E-state index contributed by atoms with van der Waals surface area (Å²) in [4.78, 5) is 9.15. The summed E-state index contributed by atoms with van der Waals surface area (Å²) in [6.45, 7) is 6.46. The number of hydrogen-bond donors (Lipinski definition) is 0. The van der Waals surface area contributed by atoms with Gasteiger partial charge in [-0.05, 0) is 61.6 Å². The Morgan fingerprint density at radius 1 is 1.00 bits per heavy atom. The summed E-state index contributed by atoms with van der Waals surface area (Å²) in [7, 11) is 0. The van der Waals surface area contributed by atoms with Gasteiger partial charge in [-0.25, -0.2) is 4.98 Å². The van der Waals surface area contributed by atoms with Crippen LogP contribution >= 0.6 is 0 Å². The molecule has 3 aromatic heterocycles. The van der Waals surface area contributed by atoms with Crippen LogP contribution in [0.1, 0.15) is 43.9 Å². The quantitative estimate of drug-likeness (QED) is 0.443. The van der Waals surface area contributed by atoms with Crippen molar-refractivity contribution in [1.82, 2.24) is 9.97 Å². The smallest absolute Gasteiger partial charge is 0.227 e. The Balaban J connectivity index is 1.92. The van der Waals surface area contributed by atoms with Crippen LogP contribution in [0.3, 0.4) is 0 Å². The van der Waals surface area contributed by atoms with Crippen LogP contribution in [0.5, 0.6) is 0 Å². The second-order valence-electron chi connectivity index (χ2n) is 6.58. The minimum absolute atomic E-state index is 0.570. The average Bonchev–Trinajstić information content (AvgIpc) is 3.00. The summed E-state index contributed by atoms with van der Waals surface area (Å²) in [6, 6.07) is 14.7. The van der Waals surface area contributed by atoms with Gasteiger partial charge in [0.25, 0.3) is 0 Å². The summed E-state index contributed by atoms with van der Waals surface area (Å²) in [5.41, 5.74) is 5.86. The van der Waals surface area contributed by atoms with Crippen molar-refractivity contribution in [3.8, 4) is 11.3 Å². The average molecular weight is 330 g/mol. The topological polar surface area (TPSA) is 38.9 Å². The Kier molecular flexibility index (Phi) is 4.00. The third-order valence-electron chi connectivity index (χ3n) is 5.02. The van der Waals surface area contributed by atoms with Crippen LogP contribution in [-0.2, 0) is 0 Å². The van der Waals surface area contributed by atoms with Crippen LogP contribution in [0, 0.1) is 6.92 Å². The van der Waals surface area contributed by atoms with Gasteiger partial charge in [0, 0.05) is 28.2 Å². The fourth-order valence-electron chi connectivity index (χ4n) is 3.58. The SMILES string of the molecule is CCC(CC)c1ccnc(-c2cccc3c2oc2nc(C)ccc23)c1. The number of fused-ring (bicyclic) bond motifs is 3. The lowest BCUT2D eigenvalue weighted by Gasteiger charge is -2.13. The first kappa shape index (κ1) is 15.8. The first-order chi connectivity index (χ1) is 12.2. The number of pyridine rings is 2. The molecule has 0 radical (unpaired) electrons. The lowest BCUT2D eigenvalue weighted by atomic mass is 9.93. The van der Waals surface area contributed by atoms with E-state index in [0.29, 0.717) is 11.6 Å². The molecule has 0 amide bonds. The Morgan fingerprint density at radius 3 is 2.64 bits per heavy atom. The molecule has 0 aliphatic heterocycles. The highest BCUT2D eigenvalue weighted by molar-refractivity contribution is 6.08. The third kappa shape index (κ3) is 2.70. The molecule has 0 bridgehead atoms. The normalized spacial score (nSPS) is 11.7. The van der Waals surface area contributed by atoms with Gasteiger partial charge in [0.05, 0.1) is 5.69 Å². The maximum absolute atomic E-state index is 6.12. The molecule has 0 atom stereocenters. The third-order valence-corrected chi connectivity index (χ3v) is 5.02. The van der Waals surface area contributed by atoms with Gasteiger partial charge in [-0.3, -0.25) is 4.98 Å². The molecule has 0 fully saturated rings. The highest BCUT2D eigenvalue weighted by atomic mass is 16.3. The molecular weight excluding hydrogens is 308 g/mol. The number of aryl methyl sites for hydroxylation is 1. The van der Waals surface area contributed by atoms with Gasteiger partial charge in [0.1, 0.15) is 5.58 Å². The van der Waals surface area contributed by atoms with Gasteiger partial charge in [-0.1, -0.05) is 26.0 Å². The first-order valence-electron chi connectivity index (χ1n) is 8.96. The Hall–Kier alpha value is -2.68. The van der Waals surface area contributed by atoms with Gasteiger partial charge in [0.2, 0.25) is 5.71 Å². The van der Waals surface area contributed by atoms with Crippen LogP contribution < -0.4 is 0 Å². The lowest BCUT2D eigenvalue weighted by molar-refractivity contribution is 0.641. The Morgan fingerprint density at radius 2 is 1.84 bits per heavy atom. The number of hydrogen-bond acceptors (Lipinski definition) is 3. The maximum atomic E-state index is 6.12. The number of rotatable bonds is 4. The van der Waals surface area contributed by atoms with Crippen LogP contribution in [0.15, 0.2) is 53.1 Å². The predicted molar refractivity (Wildman–Crippen MR) is 103 cm³/mol. The van der Waals surface area contributed by atoms with E-state index in [-0.39, 0.29) is 0 Å². The zero-order valence-corrected chi connectivity index (χ0v) is 14.9. The summed E-state index contributed by atoms with van der Waals surface area (Å²) < 4.78 is 6.12. The molecule has 0 spiro atoms. The molecule has 3 heterocycles. The molecule has 0 unspecified atom stereocenters. The van der Waals surface area contributed by atoms with Gasteiger partial charge in [-0.2, -0.15) is 0 Å². The first-order valence-corrected chi connectivity index (χ1v) is 8.96. The van der Waals surface area contributed by atoms with Crippen molar-refractivity contribution < 1.29 is 4.42 Å². The molecule has 0 N–H and O–H groups in total. The van der Waals surface area contributed by atoms with Gasteiger partial charge in [0.15, 0.2) is 0 Å². The molecule has 0 aliphatic carbocycles. The van der Waals surface area contributed by atoms with E-state index in [1.165, 1.54) is 5.56 Å². The highest BCUT2D eigenvalue weighted by Gasteiger charge is 2.15. The summed E-state index contributed by atoms with van der Waals surface area (Å²) >= 11 is 0. The van der Waals surface area contributed by atoms with Crippen molar-refractivity contribution in [1.29, 1.82) is 0 Å².